The Morgan fingerprint density at radius 2 is 1.95 bits per heavy atom. The molecule has 1 aliphatic heterocycles. The summed E-state index contributed by atoms with van der Waals surface area (Å²) in [6.45, 7) is 7.24. The SMILES string of the molecule is CC[C@@H]1CN(S(=O)(=O)c2ccc(C)cc2)[C@@H](C)CN1. The Morgan fingerprint density at radius 3 is 2.53 bits per heavy atom. The maximum atomic E-state index is 12.7. The van der Waals surface area contributed by atoms with Gasteiger partial charge in [0.15, 0.2) is 0 Å². The molecule has 1 aliphatic rings. The van der Waals surface area contributed by atoms with Gasteiger partial charge in [0.25, 0.3) is 0 Å². The van der Waals surface area contributed by atoms with Crippen molar-refractivity contribution in [3.63, 3.8) is 0 Å². The monoisotopic (exact) mass is 282 g/mol. The van der Waals surface area contributed by atoms with Gasteiger partial charge in [-0.25, -0.2) is 8.42 Å². The molecule has 0 amide bonds. The van der Waals surface area contributed by atoms with Crippen molar-refractivity contribution in [3.8, 4) is 0 Å². The van der Waals surface area contributed by atoms with Crippen molar-refractivity contribution >= 4 is 10.0 Å². The molecular weight excluding hydrogens is 260 g/mol. The van der Waals surface area contributed by atoms with Crippen LogP contribution in [0.25, 0.3) is 0 Å². The van der Waals surface area contributed by atoms with Crippen LogP contribution in [-0.4, -0.2) is 37.9 Å². The third kappa shape index (κ3) is 2.99. The normalized spacial score (nSPS) is 25.4. The van der Waals surface area contributed by atoms with E-state index in [0.29, 0.717) is 18.0 Å². The Morgan fingerprint density at radius 1 is 1.32 bits per heavy atom. The smallest absolute Gasteiger partial charge is 0.243 e. The van der Waals surface area contributed by atoms with Gasteiger partial charge in [0.1, 0.15) is 0 Å². The van der Waals surface area contributed by atoms with Crippen LogP contribution in [0.3, 0.4) is 0 Å². The summed E-state index contributed by atoms with van der Waals surface area (Å²) in [7, 11) is -3.38. The van der Waals surface area contributed by atoms with Crippen LogP contribution in [0.5, 0.6) is 0 Å². The van der Waals surface area contributed by atoms with Gasteiger partial charge in [0.05, 0.1) is 4.90 Å². The van der Waals surface area contributed by atoms with Gasteiger partial charge in [0, 0.05) is 25.2 Å². The van der Waals surface area contributed by atoms with Gasteiger partial charge >= 0.3 is 0 Å². The van der Waals surface area contributed by atoms with Gasteiger partial charge in [-0.2, -0.15) is 4.31 Å². The number of nitrogens with zero attached hydrogens (tertiary/aromatic N) is 1. The van der Waals surface area contributed by atoms with Crippen molar-refractivity contribution in [2.75, 3.05) is 13.1 Å². The van der Waals surface area contributed by atoms with Gasteiger partial charge in [-0.1, -0.05) is 24.6 Å². The molecule has 1 aromatic rings. The van der Waals surface area contributed by atoms with E-state index in [4.69, 9.17) is 0 Å². The molecule has 4 nitrogen and oxygen atoms in total. The van der Waals surface area contributed by atoms with Crippen LogP contribution in [0.4, 0.5) is 0 Å². The zero-order chi connectivity index (χ0) is 14.0. The molecule has 0 unspecified atom stereocenters. The number of aryl methyl sites for hydroxylation is 1. The first kappa shape index (κ1) is 14.5. The topological polar surface area (TPSA) is 49.4 Å². The second kappa shape index (κ2) is 5.61. The highest BCUT2D eigenvalue weighted by Crippen LogP contribution is 2.21. The quantitative estimate of drug-likeness (QED) is 0.919. The third-order valence-electron chi connectivity index (χ3n) is 3.71. The van der Waals surface area contributed by atoms with Crippen LogP contribution in [-0.2, 0) is 10.0 Å². The van der Waals surface area contributed by atoms with Crippen LogP contribution >= 0.6 is 0 Å². The maximum absolute atomic E-state index is 12.7. The lowest BCUT2D eigenvalue weighted by Gasteiger charge is -2.37. The van der Waals surface area contributed by atoms with Crippen LogP contribution in [0.1, 0.15) is 25.8 Å². The molecule has 1 aromatic carbocycles. The Kier molecular flexibility index (Phi) is 4.28. The van der Waals surface area contributed by atoms with E-state index >= 15 is 0 Å². The number of sulfonamides is 1. The summed E-state index contributed by atoms with van der Waals surface area (Å²) in [6.07, 6.45) is 0.937. The van der Waals surface area contributed by atoms with Crippen molar-refractivity contribution in [1.29, 1.82) is 0 Å². The largest absolute Gasteiger partial charge is 0.311 e. The molecule has 106 valence electrons. The Balaban J connectivity index is 2.29. The lowest BCUT2D eigenvalue weighted by atomic mass is 10.1. The van der Waals surface area contributed by atoms with Gasteiger partial charge < -0.3 is 5.32 Å². The minimum Gasteiger partial charge on any atom is -0.311 e. The minimum atomic E-state index is -3.38. The Bertz CT molecular complexity index is 525. The van der Waals surface area contributed by atoms with Crippen LogP contribution in [0.15, 0.2) is 29.2 Å². The molecule has 1 N–H and O–H groups in total. The van der Waals surface area contributed by atoms with Crippen LogP contribution in [0, 0.1) is 6.92 Å². The molecule has 0 bridgehead atoms. The average molecular weight is 282 g/mol. The first-order valence-electron chi connectivity index (χ1n) is 6.77. The van der Waals surface area contributed by atoms with Crippen molar-refractivity contribution in [3.05, 3.63) is 29.8 Å². The number of nitrogens with one attached hydrogen (secondary N) is 1. The van der Waals surface area contributed by atoms with Crippen LogP contribution < -0.4 is 5.32 Å². The van der Waals surface area contributed by atoms with E-state index in [9.17, 15) is 8.42 Å². The molecule has 1 heterocycles. The van der Waals surface area contributed by atoms with Crippen molar-refractivity contribution in [2.45, 2.75) is 44.2 Å². The Labute approximate surface area is 115 Å². The van der Waals surface area contributed by atoms with Crippen LogP contribution in [0.2, 0.25) is 0 Å². The van der Waals surface area contributed by atoms with E-state index in [1.54, 1.807) is 16.4 Å². The van der Waals surface area contributed by atoms with Crippen molar-refractivity contribution in [2.24, 2.45) is 0 Å². The summed E-state index contributed by atoms with van der Waals surface area (Å²) in [5.41, 5.74) is 1.07. The van der Waals surface area contributed by atoms with Gasteiger partial charge in [0.2, 0.25) is 10.0 Å². The summed E-state index contributed by atoms with van der Waals surface area (Å²) < 4.78 is 27.0. The predicted molar refractivity (Wildman–Crippen MR) is 76.6 cm³/mol. The number of hydrogen-bond donors (Lipinski definition) is 1. The minimum absolute atomic E-state index is 0.00546. The lowest BCUT2D eigenvalue weighted by molar-refractivity contribution is 0.232. The first-order chi connectivity index (χ1) is 8.95. The van der Waals surface area contributed by atoms with E-state index < -0.39 is 10.0 Å². The number of piperazine rings is 1. The summed E-state index contributed by atoms with van der Waals surface area (Å²) >= 11 is 0. The molecule has 19 heavy (non-hydrogen) atoms. The van der Waals surface area contributed by atoms with E-state index in [1.807, 2.05) is 26.0 Å². The van der Waals surface area contributed by atoms with E-state index in [-0.39, 0.29) is 12.1 Å². The fourth-order valence-corrected chi connectivity index (χ4v) is 4.03. The second-order valence-electron chi connectivity index (χ2n) is 5.25. The predicted octanol–water partition coefficient (Wildman–Crippen LogP) is 1.76. The zero-order valence-corrected chi connectivity index (χ0v) is 12.6. The third-order valence-corrected chi connectivity index (χ3v) is 5.71. The van der Waals surface area contributed by atoms with Gasteiger partial charge in [-0.15, -0.1) is 0 Å². The van der Waals surface area contributed by atoms with Crippen molar-refractivity contribution < 1.29 is 8.42 Å². The molecule has 0 aromatic heterocycles. The summed E-state index contributed by atoms with van der Waals surface area (Å²) in [6, 6.07) is 7.32. The fourth-order valence-electron chi connectivity index (χ4n) is 2.35. The molecule has 1 fully saturated rings. The van der Waals surface area contributed by atoms with E-state index in [1.165, 1.54) is 0 Å². The van der Waals surface area contributed by atoms with Gasteiger partial charge in [-0.3, -0.25) is 0 Å². The molecule has 2 rings (SSSR count). The maximum Gasteiger partial charge on any atom is 0.243 e. The highest BCUT2D eigenvalue weighted by atomic mass is 32.2. The molecule has 5 heteroatoms. The molecule has 2 atom stereocenters. The van der Waals surface area contributed by atoms with Crippen molar-refractivity contribution in [1.82, 2.24) is 9.62 Å². The highest BCUT2D eigenvalue weighted by Gasteiger charge is 2.33. The molecule has 0 saturated carbocycles. The molecule has 0 radical (unpaired) electrons. The summed E-state index contributed by atoms with van der Waals surface area (Å²) in [4.78, 5) is 0.390. The number of rotatable bonds is 3. The molecular formula is C14H22N2O2S. The van der Waals surface area contributed by atoms with E-state index in [2.05, 4.69) is 12.2 Å². The number of benzene rings is 1. The molecule has 0 aliphatic carbocycles. The molecule has 0 spiro atoms. The zero-order valence-electron chi connectivity index (χ0n) is 11.8. The lowest BCUT2D eigenvalue weighted by Crippen LogP contribution is -2.56. The standard InChI is InChI=1S/C14H22N2O2S/c1-4-13-10-16(12(3)9-15-13)19(17,18)14-7-5-11(2)6-8-14/h5-8,12-13,15H,4,9-10H2,1-3H3/t12-,13+/m0/s1. The summed E-state index contributed by atoms with van der Waals surface area (Å²) in [5.74, 6) is 0. The fraction of sp³-hybridized carbons (Fsp3) is 0.571. The number of hydrogen-bond acceptors (Lipinski definition) is 3. The average Bonchev–Trinajstić information content (AvgIpc) is 2.39. The molecule has 1 saturated heterocycles. The summed E-state index contributed by atoms with van der Waals surface area (Å²) in [5, 5.41) is 3.38. The van der Waals surface area contributed by atoms with Gasteiger partial charge in [-0.05, 0) is 32.4 Å². The highest BCUT2D eigenvalue weighted by molar-refractivity contribution is 7.89. The second-order valence-corrected chi connectivity index (χ2v) is 7.14. The van der Waals surface area contributed by atoms with E-state index in [0.717, 1.165) is 12.0 Å². The first-order valence-corrected chi connectivity index (χ1v) is 8.21. The Hall–Kier alpha value is -0.910.